The van der Waals surface area contributed by atoms with Crippen LogP contribution in [0.15, 0.2) is 84.9 Å². The molecule has 0 spiro atoms. The van der Waals surface area contributed by atoms with E-state index in [0.29, 0.717) is 5.56 Å². The highest BCUT2D eigenvalue weighted by molar-refractivity contribution is 6.04. The zero-order valence-electron chi connectivity index (χ0n) is 12.6. The lowest BCUT2D eigenvalue weighted by Crippen LogP contribution is -2.11. The molecule has 0 aliphatic heterocycles. The Balaban J connectivity index is 1.74. The lowest BCUT2D eigenvalue weighted by Gasteiger charge is -2.05. The molecule has 0 fully saturated rings. The highest BCUT2D eigenvalue weighted by Crippen LogP contribution is 2.13. The molecule has 0 atom stereocenters. The second-order valence-electron chi connectivity index (χ2n) is 5.19. The van der Waals surface area contributed by atoms with Crippen LogP contribution in [0.25, 0.3) is 12.2 Å². The summed E-state index contributed by atoms with van der Waals surface area (Å²) in [4.78, 5) is 12.3. The van der Waals surface area contributed by atoms with Crippen LogP contribution < -0.4 is 5.32 Å². The standard InChI is InChI=1S/C21H17NO/c23-21(22-20-12-5-2-6-13-20)19-11-7-10-18(16-19)15-14-17-8-3-1-4-9-17/h1-16H,(H,22,23)/b15-14+. The number of carbonyl (C=O) groups is 1. The first-order chi connectivity index (χ1) is 11.3. The molecule has 2 nitrogen and oxygen atoms in total. The fourth-order valence-corrected chi connectivity index (χ4v) is 2.26. The van der Waals surface area contributed by atoms with Crippen molar-refractivity contribution >= 4 is 23.7 Å². The molecule has 0 radical (unpaired) electrons. The van der Waals surface area contributed by atoms with E-state index in [-0.39, 0.29) is 5.91 Å². The van der Waals surface area contributed by atoms with Gasteiger partial charge in [0.25, 0.3) is 5.91 Å². The Kier molecular flexibility index (Phi) is 4.65. The Hall–Kier alpha value is -3.13. The third-order valence-corrected chi connectivity index (χ3v) is 3.45. The average Bonchev–Trinajstić information content (AvgIpc) is 2.62. The van der Waals surface area contributed by atoms with Gasteiger partial charge in [-0.2, -0.15) is 0 Å². The number of nitrogens with one attached hydrogen (secondary N) is 1. The van der Waals surface area contributed by atoms with Crippen LogP contribution in [-0.4, -0.2) is 5.91 Å². The molecule has 0 unspecified atom stereocenters. The normalized spacial score (nSPS) is 10.6. The first kappa shape index (κ1) is 14.8. The van der Waals surface area contributed by atoms with Crippen molar-refractivity contribution in [1.82, 2.24) is 0 Å². The van der Waals surface area contributed by atoms with Crippen LogP contribution in [0.4, 0.5) is 5.69 Å². The van der Waals surface area contributed by atoms with E-state index < -0.39 is 0 Å². The molecule has 0 aliphatic carbocycles. The summed E-state index contributed by atoms with van der Waals surface area (Å²) in [6, 6.07) is 27.1. The van der Waals surface area contributed by atoms with Gasteiger partial charge in [0.1, 0.15) is 0 Å². The van der Waals surface area contributed by atoms with Crippen molar-refractivity contribution in [2.45, 2.75) is 0 Å². The van der Waals surface area contributed by atoms with Crippen molar-refractivity contribution in [3.63, 3.8) is 0 Å². The van der Waals surface area contributed by atoms with Gasteiger partial charge in [-0.3, -0.25) is 4.79 Å². The van der Waals surface area contributed by atoms with Gasteiger partial charge in [-0.25, -0.2) is 0 Å². The van der Waals surface area contributed by atoms with Gasteiger partial charge in [0.05, 0.1) is 0 Å². The van der Waals surface area contributed by atoms with Gasteiger partial charge in [-0.15, -0.1) is 0 Å². The van der Waals surface area contributed by atoms with Crippen molar-refractivity contribution in [3.05, 3.63) is 102 Å². The van der Waals surface area contributed by atoms with Gasteiger partial charge in [-0.1, -0.05) is 72.8 Å². The van der Waals surface area contributed by atoms with Crippen LogP contribution in [-0.2, 0) is 0 Å². The van der Waals surface area contributed by atoms with E-state index in [9.17, 15) is 4.79 Å². The summed E-state index contributed by atoms with van der Waals surface area (Å²) in [6.07, 6.45) is 4.04. The predicted molar refractivity (Wildman–Crippen MR) is 96.2 cm³/mol. The SMILES string of the molecule is O=C(Nc1ccccc1)c1cccc(/C=C/c2ccccc2)c1. The van der Waals surface area contributed by atoms with E-state index in [1.165, 1.54) is 0 Å². The maximum Gasteiger partial charge on any atom is 0.255 e. The second kappa shape index (κ2) is 7.23. The Labute approximate surface area is 136 Å². The molecule has 0 saturated heterocycles. The summed E-state index contributed by atoms with van der Waals surface area (Å²) in [5.74, 6) is -0.105. The Morgan fingerprint density at radius 2 is 1.30 bits per heavy atom. The number of hydrogen-bond donors (Lipinski definition) is 1. The van der Waals surface area contributed by atoms with Crippen LogP contribution >= 0.6 is 0 Å². The van der Waals surface area contributed by atoms with Crippen molar-refractivity contribution in [2.75, 3.05) is 5.32 Å². The fraction of sp³-hybridized carbons (Fsp3) is 0. The highest BCUT2D eigenvalue weighted by Gasteiger charge is 2.05. The molecule has 0 aliphatic rings. The molecule has 3 aromatic rings. The van der Waals surface area contributed by atoms with Gasteiger partial charge in [0, 0.05) is 11.3 Å². The third kappa shape index (κ3) is 4.17. The van der Waals surface area contributed by atoms with E-state index in [0.717, 1.165) is 16.8 Å². The van der Waals surface area contributed by atoms with Crippen LogP contribution in [0.2, 0.25) is 0 Å². The van der Waals surface area contributed by atoms with Crippen LogP contribution in [0.3, 0.4) is 0 Å². The number of carbonyl (C=O) groups excluding carboxylic acids is 1. The summed E-state index contributed by atoms with van der Waals surface area (Å²) in [5.41, 5.74) is 3.56. The van der Waals surface area contributed by atoms with Crippen molar-refractivity contribution in [1.29, 1.82) is 0 Å². The zero-order chi connectivity index (χ0) is 15.9. The maximum absolute atomic E-state index is 12.3. The monoisotopic (exact) mass is 299 g/mol. The van der Waals surface area contributed by atoms with Crippen LogP contribution in [0, 0.1) is 0 Å². The molecule has 112 valence electrons. The van der Waals surface area contributed by atoms with E-state index in [1.807, 2.05) is 97.1 Å². The number of amides is 1. The fourth-order valence-electron chi connectivity index (χ4n) is 2.26. The van der Waals surface area contributed by atoms with Gasteiger partial charge in [0.15, 0.2) is 0 Å². The second-order valence-corrected chi connectivity index (χ2v) is 5.19. The molecule has 1 N–H and O–H groups in total. The van der Waals surface area contributed by atoms with Gasteiger partial charge >= 0.3 is 0 Å². The quantitative estimate of drug-likeness (QED) is 0.666. The predicted octanol–water partition coefficient (Wildman–Crippen LogP) is 5.11. The molecule has 1 amide bonds. The minimum atomic E-state index is -0.105. The third-order valence-electron chi connectivity index (χ3n) is 3.45. The van der Waals surface area contributed by atoms with E-state index in [2.05, 4.69) is 5.32 Å². The number of benzene rings is 3. The molecular formula is C21H17NO. The summed E-state index contributed by atoms with van der Waals surface area (Å²) < 4.78 is 0. The highest BCUT2D eigenvalue weighted by atomic mass is 16.1. The maximum atomic E-state index is 12.3. The number of para-hydroxylation sites is 1. The van der Waals surface area contributed by atoms with Gasteiger partial charge in [0.2, 0.25) is 0 Å². The minimum absolute atomic E-state index is 0.105. The van der Waals surface area contributed by atoms with Crippen molar-refractivity contribution < 1.29 is 4.79 Å². The van der Waals surface area contributed by atoms with E-state index >= 15 is 0 Å². The number of rotatable bonds is 4. The van der Waals surface area contributed by atoms with Crippen LogP contribution in [0.5, 0.6) is 0 Å². The summed E-state index contributed by atoms with van der Waals surface area (Å²) in [7, 11) is 0. The Bertz CT molecular complexity index is 808. The summed E-state index contributed by atoms with van der Waals surface area (Å²) in [5, 5.41) is 2.90. The Morgan fingerprint density at radius 1 is 0.696 bits per heavy atom. The van der Waals surface area contributed by atoms with E-state index in [4.69, 9.17) is 0 Å². The first-order valence-corrected chi connectivity index (χ1v) is 7.51. The number of anilines is 1. The smallest absolute Gasteiger partial charge is 0.255 e. The average molecular weight is 299 g/mol. The van der Waals surface area contributed by atoms with Crippen LogP contribution in [0.1, 0.15) is 21.5 Å². The minimum Gasteiger partial charge on any atom is -0.322 e. The first-order valence-electron chi connectivity index (χ1n) is 7.51. The molecule has 3 aromatic carbocycles. The summed E-state index contributed by atoms with van der Waals surface area (Å²) in [6.45, 7) is 0. The van der Waals surface area contributed by atoms with Gasteiger partial charge < -0.3 is 5.32 Å². The molecule has 0 heterocycles. The molecule has 0 aromatic heterocycles. The lowest BCUT2D eigenvalue weighted by molar-refractivity contribution is 0.102. The number of hydrogen-bond acceptors (Lipinski definition) is 1. The Morgan fingerprint density at radius 3 is 2.04 bits per heavy atom. The van der Waals surface area contributed by atoms with E-state index in [1.54, 1.807) is 0 Å². The van der Waals surface area contributed by atoms with Crippen molar-refractivity contribution in [2.24, 2.45) is 0 Å². The summed E-state index contributed by atoms with van der Waals surface area (Å²) >= 11 is 0. The molecule has 0 saturated carbocycles. The van der Waals surface area contributed by atoms with Crippen molar-refractivity contribution in [3.8, 4) is 0 Å². The molecule has 3 rings (SSSR count). The molecule has 2 heteroatoms. The molecule has 23 heavy (non-hydrogen) atoms. The van der Waals surface area contributed by atoms with Gasteiger partial charge in [-0.05, 0) is 35.4 Å². The molecular weight excluding hydrogens is 282 g/mol. The topological polar surface area (TPSA) is 29.1 Å². The lowest BCUT2D eigenvalue weighted by atomic mass is 10.1. The largest absolute Gasteiger partial charge is 0.322 e. The molecule has 0 bridgehead atoms. The zero-order valence-corrected chi connectivity index (χ0v) is 12.6.